The molecule has 0 bridgehead atoms. The van der Waals surface area contributed by atoms with Crippen molar-refractivity contribution in [1.82, 2.24) is 5.32 Å². The van der Waals surface area contributed by atoms with E-state index >= 15 is 0 Å². The van der Waals surface area contributed by atoms with Gasteiger partial charge in [0.15, 0.2) is 0 Å². The number of carboxylic acid groups (broad SMARTS) is 1. The van der Waals surface area contributed by atoms with Crippen LogP contribution in [0.25, 0.3) is 0 Å². The summed E-state index contributed by atoms with van der Waals surface area (Å²) in [7, 11) is 0. The number of hydrogen-bond donors (Lipinski definition) is 2. The van der Waals surface area contributed by atoms with Gasteiger partial charge in [-0.1, -0.05) is 13.8 Å². The van der Waals surface area contributed by atoms with Gasteiger partial charge >= 0.3 is 0 Å². The molecule has 0 saturated heterocycles. The summed E-state index contributed by atoms with van der Waals surface area (Å²) in [4.78, 5) is 21.3. The van der Waals surface area contributed by atoms with Crippen LogP contribution in [0.1, 0.15) is 13.8 Å². The average molecular weight is 190 g/mol. The third-order valence-electron chi connectivity index (χ3n) is 1.31. The molecule has 0 aromatic heterocycles. The Morgan fingerprint density at radius 1 is 1.50 bits per heavy atom. The lowest BCUT2D eigenvalue weighted by Gasteiger charge is -2.18. The van der Waals surface area contributed by atoms with Gasteiger partial charge in [-0.2, -0.15) is 12.6 Å². The van der Waals surface area contributed by atoms with Crippen molar-refractivity contribution in [3.8, 4) is 0 Å². The van der Waals surface area contributed by atoms with Gasteiger partial charge in [0.25, 0.3) is 0 Å². The van der Waals surface area contributed by atoms with Gasteiger partial charge in [0.2, 0.25) is 5.91 Å². The number of aliphatic carboxylic acids is 1. The molecule has 70 valence electrons. The summed E-state index contributed by atoms with van der Waals surface area (Å²) in [5, 5.41) is 12.6. The lowest BCUT2D eigenvalue weighted by Crippen LogP contribution is -2.50. The maximum absolute atomic E-state index is 11.0. The molecule has 0 aromatic rings. The highest BCUT2D eigenvalue weighted by atomic mass is 32.1. The molecule has 0 saturated carbocycles. The highest BCUT2D eigenvalue weighted by Gasteiger charge is 2.13. The molecule has 0 aliphatic carbocycles. The Morgan fingerprint density at radius 3 is 2.25 bits per heavy atom. The van der Waals surface area contributed by atoms with E-state index in [0.29, 0.717) is 0 Å². The van der Waals surface area contributed by atoms with Crippen LogP contribution in [0.2, 0.25) is 0 Å². The van der Waals surface area contributed by atoms with E-state index in [4.69, 9.17) is 0 Å². The fourth-order valence-corrected chi connectivity index (χ4v) is 0.758. The van der Waals surface area contributed by atoms with Crippen molar-refractivity contribution in [1.29, 1.82) is 0 Å². The predicted molar refractivity (Wildman–Crippen MR) is 45.6 cm³/mol. The Balaban J connectivity index is 4.03. The maximum atomic E-state index is 11.0. The van der Waals surface area contributed by atoms with Crippen LogP contribution in [0.4, 0.5) is 0 Å². The van der Waals surface area contributed by atoms with Gasteiger partial charge in [-0.3, -0.25) is 4.79 Å². The number of hydrogen-bond acceptors (Lipinski definition) is 4. The molecule has 0 spiro atoms. The van der Waals surface area contributed by atoms with Gasteiger partial charge in [-0.15, -0.1) is 0 Å². The highest BCUT2D eigenvalue weighted by molar-refractivity contribution is 7.80. The van der Waals surface area contributed by atoms with E-state index in [0.717, 1.165) is 0 Å². The lowest BCUT2D eigenvalue weighted by molar-refractivity contribution is -0.307. The minimum absolute atomic E-state index is 0.0425. The third kappa shape index (κ3) is 3.61. The Morgan fingerprint density at radius 2 is 2.00 bits per heavy atom. The van der Waals surface area contributed by atoms with Crippen LogP contribution >= 0.6 is 12.6 Å². The Labute approximate surface area is 76.8 Å². The van der Waals surface area contributed by atoms with E-state index in [1.54, 1.807) is 13.8 Å². The van der Waals surface area contributed by atoms with E-state index in [1.807, 2.05) is 0 Å². The molecule has 0 unspecified atom stereocenters. The summed E-state index contributed by atoms with van der Waals surface area (Å²) in [6.07, 6.45) is 0. The van der Waals surface area contributed by atoms with E-state index in [2.05, 4.69) is 17.9 Å². The van der Waals surface area contributed by atoms with Crippen molar-refractivity contribution in [3.05, 3.63) is 0 Å². The van der Waals surface area contributed by atoms with Crippen LogP contribution < -0.4 is 10.4 Å². The Hall–Kier alpha value is -0.710. The maximum Gasteiger partial charge on any atom is 0.223 e. The van der Waals surface area contributed by atoms with Crippen molar-refractivity contribution in [2.24, 2.45) is 5.92 Å². The Kier molecular flexibility index (Phi) is 4.73. The van der Waals surface area contributed by atoms with Crippen LogP contribution in [-0.2, 0) is 9.59 Å². The molecule has 1 N–H and O–H groups in total. The summed E-state index contributed by atoms with van der Waals surface area (Å²) >= 11 is 3.76. The van der Waals surface area contributed by atoms with Gasteiger partial charge in [0.05, 0.1) is 12.0 Å². The number of thiol groups is 1. The minimum Gasteiger partial charge on any atom is -0.548 e. The first kappa shape index (κ1) is 11.3. The standard InChI is InChI=1S/C7H13NO3S/c1-4(2)6(9)8-5(3-12)7(10)11/h4-5,12H,3H2,1-2H3,(H,8,9)(H,10,11)/p-1/t5-/m1/s1. The Bertz CT molecular complexity index is 181. The monoisotopic (exact) mass is 190 g/mol. The molecule has 4 nitrogen and oxygen atoms in total. The molecule has 1 atom stereocenters. The number of carbonyl (C=O) groups excluding carboxylic acids is 2. The average Bonchev–Trinajstić information content (AvgIpc) is 1.98. The number of carboxylic acids is 1. The van der Waals surface area contributed by atoms with Crippen molar-refractivity contribution in [2.45, 2.75) is 19.9 Å². The summed E-state index contributed by atoms with van der Waals surface area (Å²) < 4.78 is 0. The summed E-state index contributed by atoms with van der Waals surface area (Å²) in [5.74, 6) is -1.80. The topological polar surface area (TPSA) is 69.2 Å². The minimum atomic E-state index is -1.31. The van der Waals surface area contributed by atoms with E-state index in [1.165, 1.54) is 0 Å². The number of carbonyl (C=O) groups is 2. The lowest BCUT2D eigenvalue weighted by atomic mass is 10.2. The second-order valence-electron chi connectivity index (χ2n) is 2.72. The van der Waals surface area contributed by atoms with E-state index in [-0.39, 0.29) is 17.6 Å². The van der Waals surface area contributed by atoms with Crippen LogP contribution in [-0.4, -0.2) is 23.7 Å². The highest BCUT2D eigenvalue weighted by Crippen LogP contribution is 1.94. The van der Waals surface area contributed by atoms with Crippen molar-refractivity contribution < 1.29 is 14.7 Å². The zero-order valence-corrected chi connectivity index (χ0v) is 7.93. The smallest absolute Gasteiger partial charge is 0.223 e. The quantitative estimate of drug-likeness (QED) is 0.547. The molecule has 0 rings (SSSR count). The predicted octanol–water partition coefficient (Wildman–Crippen LogP) is -1.19. The van der Waals surface area contributed by atoms with E-state index < -0.39 is 12.0 Å². The second kappa shape index (κ2) is 5.03. The molecule has 1 amide bonds. The van der Waals surface area contributed by atoms with Gasteiger partial charge in [0.1, 0.15) is 0 Å². The zero-order chi connectivity index (χ0) is 9.72. The first-order chi connectivity index (χ1) is 5.49. The molecule has 0 heterocycles. The number of nitrogens with one attached hydrogen (secondary N) is 1. The van der Waals surface area contributed by atoms with Gasteiger partial charge in [0, 0.05) is 11.7 Å². The number of amides is 1. The summed E-state index contributed by atoms with van der Waals surface area (Å²) in [6.45, 7) is 3.36. The second-order valence-corrected chi connectivity index (χ2v) is 3.08. The van der Waals surface area contributed by atoms with E-state index in [9.17, 15) is 14.7 Å². The summed E-state index contributed by atoms with van der Waals surface area (Å²) in [5.41, 5.74) is 0. The largest absolute Gasteiger partial charge is 0.548 e. The molecule has 5 heteroatoms. The van der Waals surface area contributed by atoms with Crippen molar-refractivity contribution >= 4 is 24.5 Å². The molecular formula is C7H12NO3S-. The molecule has 0 aromatic carbocycles. The molecule has 12 heavy (non-hydrogen) atoms. The molecule has 0 fully saturated rings. The molecule has 0 aliphatic rings. The van der Waals surface area contributed by atoms with Crippen molar-refractivity contribution in [2.75, 3.05) is 5.75 Å². The zero-order valence-electron chi connectivity index (χ0n) is 7.03. The molecule has 0 radical (unpaired) electrons. The first-order valence-corrected chi connectivity index (χ1v) is 4.24. The normalized spacial score (nSPS) is 12.7. The van der Waals surface area contributed by atoms with Crippen LogP contribution in [0, 0.1) is 5.92 Å². The fourth-order valence-electron chi connectivity index (χ4n) is 0.517. The first-order valence-electron chi connectivity index (χ1n) is 3.61. The molecule has 0 aliphatic heterocycles. The summed E-state index contributed by atoms with van der Waals surface area (Å²) in [6, 6.07) is -0.997. The van der Waals surface area contributed by atoms with Crippen LogP contribution in [0.5, 0.6) is 0 Å². The van der Waals surface area contributed by atoms with Gasteiger partial charge in [-0.25, -0.2) is 0 Å². The van der Waals surface area contributed by atoms with Gasteiger partial charge in [-0.05, 0) is 0 Å². The SMILES string of the molecule is CC(C)C(=O)N[C@H](CS)C(=O)[O-]. The number of rotatable bonds is 4. The van der Waals surface area contributed by atoms with Gasteiger partial charge < -0.3 is 15.2 Å². The molecular weight excluding hydrogens is 178 g/mol. The third-order valence-corrected chi connectivity index (χ3v) is 1.67. The van der Waals surface area contributed by atoms with Crippen LogP contribution in [0.3, 0.4) is 0 Å². The van der Waals surface area contributed by atoms with Crippen LogP contribution in [0.15, 0.2) is 0 Å². The van der Waals surface area contributed by atoms with Crippen molar-refractivity contribution in [3.63, 3.8) is 0 Å². The fraction of sp³-hybridized carbons (Fsp3) is 0.714.